The third-order valence-electron chi connectivity index (χ3n) is 3.51. The van der Waals surface area contributed by atoms with Gasteiger partial charge >= 0.3 is 0 Å². The average Bonchev–Trinajstić information content (AvgIpc) is 2.96. The van der Waals surface area contributed by atoms with Crippen molar-refractivity contribution in [2.75, 3.05) is 12.3 Å². The smallest absolute Gasteiger partial charge is 0.230 e. The summed E-state index contributed by atoms with van der Waals surface area (Å²) in [6.07, 6.45) is 0.988. The molecule has 130 valence electrons. The minimum atomic E-state index is 0.0272. The fraction of sp³-hybridized carbons (Fsp3) is 0.471. The van der Waals surface area contributed by atoms with E-state index in [0.29, 0.717) is 23.2 Å². The predicted molar refractivity (Wildman–Crippen MR) is 99.3 cm³/mol. The highest BCUT2D eigenvalue weighted by atomic mass is 35.5. The molecular formula is C17H23ClN4OS. The van der Waals surface area contributed by atoms with Gasteiger partial charge in [-0.3, -0.25) is 4.79 Å². The van der Waals surface area contributed by atoms with E-state index in [1.54, 1.807) is 0 Å². The van der Waals surface area contributed by atoms with Crippen LogP contribution < -0.4 is 5.32 Å². The lowest BCUT2D eigenvalue weighted by molar-refractivity contribution is -0.118. The molecule has 7 heteroatoms. The van der Waals surface area contributed by atoms with E-state index in [1.165, 1.54) is 11.8 Å². The van der Waals surface area contributed by atoms with Crippen molar-refractivity contribution in [3.05, 3.63) is 29.3 Å². The van der Waals surface area contributed by atoms with Gasteiger partial charge in [-0.1, -0.05) is 37.2 Å². The fourth-order valence-corrected chi connectivity index (χ4v) is 3.13. The molecule has 0 aliphatic carbocycles. The zero-order valence-electron chi connectivity index (χ0n) is 14.3. The van der Waals surface area contributed by atoms with Gasteiger partial charge < -0.3 is 9.88 Å². The van der Waals surface area contributed by atoms with E-state index in [9.17, 15) is 4.79 Å². The molecule has 1 aromatic heterocycles. The average molecular weight is 367 g/mol. The van der Waals surface area contributed by atoms with Crippen LogP contribution in [0.15, 0.2) is 29.4 Å². The Morgan fingerprint density at radius 1 is 1.29 bits per heavy atom. The number of hydrogen-bond donors (Lipinski definition) is 1. The molecule has 0 aliphatic heterocycles. The molecule has 0 radical (unpaired) electrons. The molecule has 24 heavy (non-hydrogen) atoms. The largest absolute Gasteiger partial charge is 0.355 e. The Morgan fingerprint density at radius 2 is 2.00 bits per heavy atom. The van der Waals surface area contributed by atoms with E-state index in [1.807, 2.05) is 35.8 Å². The summed E-state index contributed by atoms with van der Waals surface area (Å²) in [5.74, 6) is 1.75. The lowest BCUT2D eigenvalue weighted by Crippen LogP contribution is -2.27. The highest BCUT2D eigenvalue weighted by molar-refractivity contribution is 7.99. The standard InChI is InChI=1S/C17H23ClN4OS/c1-4-22-16(13-5-7-14(18)8-6-13)20-21-17(22)24-11-15(23)19-10-9-12(2)3/h5-8,12H,4,9-11H2,1-3H3,(H,19,23). The number of hydrogen-bond acceptors (Lipinski definition) is 4. The van der Waals surface area contributed by atoms with Gasteiger partial charge in [-0.05, 0) is 43.5 Å². The maximum absolute atomic E-state index is 11.9. The van der Waals surface area contributed by atoms with Gasteiger partial charge in [0.1, 0.15) is 0 Å². The molecular weight excluding hydrogens is 344 g/mol. The quantitative estimate of drug-likeness (QED) is 0.720. The number of nitrogens with one attached hydrogen (secondary N) is 1. The van der Waals surface area contributed by atoms with Gasteiger partial charge in [-0.15, -0.1) is 10.2 Å². The van der Waals surface area contributed by atoms with Crippen LogP contribution in [0, 0.1) is 5.92 Å². The van der Waals surface area contributed by atoms with E-state index in [-0.39, 0.29) is 5.91 Å². The number of thioether (sulfide) groups is 1. The third-order valence-corrected chi connectivity index (χ3v) is 4.73. The van der Waals surface area contributed by atoms with Crippen LogP contribution in [0.3, 0.4) is 0 Å². The third kappa shape index (κ3) is 5.24. The van der Waals surface area contributed by atoms with Crippen LogP contribution in [0.5, 0.6) is 0 Å². The van der Waals surface area contributed by atoms with Gasteiger partial charge in [0.05, 0.1) is 5.75 Å². The van der Waals surface area contributed by atoms with Gasteiger partial charge in [0.15, 0.2) is 11.0 Å². The van der Waals surface area contributed by atoms with Gasteiger partial charge in [-0.2, -0.15) is 0 Å². The highest BCUT2D eigenvalue weighted by Gasteiger charge is 2.14. The Kier molecular flexibility index (Phi) is 7.12. The van der Waals surface area contributed by atoms with E-state index >= 15 is 0 Å². The first-order chi connectivity index (χ1) is 11.5. The summed E-state index contributed by atoms with van der Waals surface area (Å²) in [4.78, 5) is 11.9. The Bertz CT molecular complexity index is 670. The summed E-state index contributed by atoms with van der Waals surface area (Å²) in [6.45, 7) is 7.78. The maximum Gasteiger partial charge on any atom is 0.230 e. The second kappa shape index (κ2) is 9.08. The molecule has 2 aromatic rings. The highest BCUT2D eigenvalue weighted by Crippen LogP contribution is 2.24. The van der Waals surface area contributed by atoms with Crippen molar-refractivity contribution in [1.82, 2.24) is 20.1 Å². The van der Waals surface area contributed by atoms with Gasteiger partial charge in [0.2, 0.25) is 5.91 Å². The van der Waals surface area contributed by atoms with E-state index in [4.69, 9.17) is 11.6 Å². The molecule has 1 aromatic carbocycles. The molecule has 1 N–H and O–H groups in total. The molecule has 5 nitrogen and oxygen atoms in total. The molecule has 0 saturated heterocycles. The zero-order chi connectivity index (χ0) is 17.5. The molecule has 0 spiro atoms. The molecule has 1 amide bonds. The summed E-state index contributed by atoms with van der Waals surface area (Å²) in [5.41, 5.74) is 0.960. The van der Waals surface area contributed by atoms with Crippen molar-refractivity contribution >= 4 is 29.3 Å². The van der Waals surface area contributed by atoms with Gasteiger partial charge in [0.25, 0.3) is 0 Å². The van der Waals surface area contributed by atoms with Crippen LogP contribution in [-0.4, -0.2) is 33.0 Å². The Hall–Kier alpha value is -1.53. The molecule has 0 fully saturated rings. The van der Waals surface area contributed by atoms with Crippen LogP contribution in [0.2, 0.25) is 5.02 Å². The number of halogens is 1. The number of carbonyl (C=O) groups is 1. The summed E-state index contributed by atoms with van der Waals surface area (Å²) < 4.78 is 2.01. The van der Waals surface area contributed by atoms with Gasteiger partial charge in [-0.25, -0.2) is 0 Å². The van der Waals surface area contributed by atoms with Crippen molar-refractivity contribution in [3.8, 4) is 11.4 Å². The molecule has 1 heterocycles. The van der Waals surface area contributed by atoms with Crippen molar-refractivity contribution in [2.45, 2.75) is 38.9 Å². The summed E-state index contributed by atoms with van der Waals surface area (Å²) in [5, 5.41) is 12.9. The Balaban J connectivity index is 1.99. The number of nitrogens with zero attached hydrogens (tertiary/aromatic N) is 3. The Morgan fingerprint density at radius 3 is 2.62 bits per heavy atom. The summed E-state index contributed by atoms with van der Waals surface area (Å²) >= 11 is 7.34. The first kappa shape index (κ1) is 18.8. The van der Waals surface area contributed by atoms with Crippen molar-refractivity contribution in [2.24, 2.45) is 5.92 Å². The minimum Gasteiger partial charge on any atom is -0.355 e. The lowest BCUT2D eigenvalue weighted by atomic mass is 10.1. The molecule has 0 aliphatic rings. The van der Waals surface area contributed by atoms with Gasteiger partial charge in [0, 0.05) is 23.7 Å². The second-order valence-corrected chi connectivity index (χ2v) is 7.26. The van der Waals surface area contributed by atoms with E-state index in [2.05, 4.69) is 29.4 Å². The number of carbonyl (C=O) groups excluding carboxylic acids is 1. The molecule has 0 unspecified atom stereocenters. The summed E-state index contributed by atoms with van der Waals surface area (Å²) in [6, 6.07) is 7.51. The number of benzene rings is 1. The molecule has 0 bridgehead atoms. The van der Waals surface area contributed by atoms with E-state index in [0.717, 1.165) is 29.5 Å². The topological polar surface area (TPSA) is 59.8 Å². The minimum absolute atomic E-state index is 0.0272. The SMILES string of the molecule is CCn1c(SCC(=O)NCCC(C)C)nnc1-c1ccc(Cl)cc1. The van der Waals surface area contributed by atoms with Crippen molar-refractivity contribution in [3.63, 3.8) is 0 Å². The number of amides is 1. The molecule has 0 atom stereocenters. The lowest BCUT2D eigenvalue weighted by Gasteiger charge is -2.08. The zero-order valence-corrected chi connectivity index (χ0v) is 15.8. The van der Waals surface area contributed by atoms with E-state index < -0.39 is 0 Å². The molecule has 0 saturated carbocycles. The molecule has 2 rings (SSSR count). The summed E-state index contributed by atoms with van der Waals surface area (Å²) in [7, 11) is 0. The monoisotopic (exact) mass is 366 g/mol. The normalized spacial score (nSPS) is 11.0. The van der Waals surface area contributed by atoms with Crippen LogP contribution in [0.4, 0.5) is 0 Å². The van der Waals surface area contributed by atoms with Crippen LogP contribution >= 0.6 is 23.4 Å². The number of rotatable bonds is 8. The van der Waals surface area contributed by atoms with Crippen molar-refractivity contribution < 1.29 is 4.79 Å². The van der Waals surface area contributed by atoms with Crippen LogP contribution in [0.25, 0.3) is 11.4 Å². The number of aromatic nitrogens is 3. The van der Waals surface area contributed by atoms with Crippen molar-refractivity contribution in [1.29, 1.82) is 0 Å². The second-order valence-electron chi connectivity index (χ2n) is 5.88. The first-order valence-electron chi connectivity index (χ1n) is 8.10. The predicted octanol–water partition coefficient (Wildman–Crippen LogP) is 3.87. The fourth-order valence-electron chi connectivity index (χ4n) is 2.17. The Labute approximate surface area is 152 Å². The van der Waals surface area contributed by atoms with Crippen LogP contribution in [0.1, 0.15) is 27.2 Å². The van der Waals surface area contributed by atoms with Crippen LogP contribution in [-0.2, 0) is 11.3 Å². The maximum atomic E-state index is 11.9. The first-order valence-corrected chi connectivity index (χ1v) is 9.46.